The number of amides is 5. The van der Waals surface area contributed by atoms with E-state index in [-0.39, 0.29) is 31.1 Å². The number of fused-ring (bicyclic) bond motifs is 1. The fourth-order valence-electron chi connectivity index (χ4n) is 7.24. The number of nitrogens with one attached hydrogen (secondary N) is 5. The number of benzene rings is 3. The molecule has 4 aromatic rings. The van der Waals surface area contributed by atoms with Crippen molar-refractivity contribution < 1.29 is 43.8 Å². The summed E-state index contributed by atoms with van der Waals surface area (Å²) in [7, 11) is 0. The first-order chi connectivity index (χ1) is 28.7. The second-order valence-corrected chi connectivity index (χ2v) is 15.4. The summed E-state index contributed by atoms with van der Waals surface area (Å²) in [5.74, 6) is -6.10. The molecule has 318 valence electrons. The number of hydrogen-bond donors (Lipinski definition) is 8. The maximum Gasteiger partial charge on any atom is 0.326 e. The molecule has 6 atom stereocenters. The molecule has 5 amide bonds. The molecule has 3 aromatic carbocycles. The van der Waals surface area contributed by atoms with Crippen LogP contribution >= 0.6 is 0 Å². The minimum atomic E-state index is -1.55. The molecule has 1 aliphatic heterocycles. The van der Waals surface area contributed by atoms with E-state index in [0.29, 0.717) is 36.1 Å². The molecule has 60 heavy (non-hydrogen) atoms. The van der Waals surface area contributed by atoms with Gasteiger partial charge in [-0.25, -0.2) is 4.79 Å². The van der Waals surface area contributed by atoms with Crippen LogP contribution in [0.1, 0.15) is 56.2 Å². The monoisotopic (exact) mass is 823 g/mol. The Morgan fingerprint density at radius 3 is 1.77 bits per heavy atom. The van der Waals surface area contributed by atoms with E-state index in [1.165, 1.54) is 4.90 Å². The van der Waals surface area contributed by atoms with Gasteiger partial charge in [0.15, 0.2) is 0 Å². The lowest BCUT2D eigenvalue weighted by Gasteiger charge is -2.30. The van der Waals surface area contributed by atoms with Gasteiger partial charge in [-0.05, 0) is 47.9 Å². The summed E-state index contributed by atoms with van der Waals surface area (Å²) in [6.45, 7) is 3.98. The maximum atomic E-state index is 14.5. The molecule has 0 radical (unpaired) electrons. The molecule has 0 spiro atoms. The van der Waals surface area contributed by atoms with Crippen LogP contribution < -0.4 is 27.0 Å². The summed E-state index contributed by atoms with van der Waals surface area (Å²) in [6, 6.07) is 17.9. The predicted octanol–water partition coefficient (Wildman–Crippen LogP) is 2.06. The molecule has 1 aromatic heterocycles. The molecule has 1 saturated heterocycles. The number of aliphatic carboxylic acids is 2. The number of aromatic nitrogens is 1. The van der Waals surface area contributed by atoms with Gasteiger partial charge >= 0.3 is 11.9 Å². The summed E-state index contributed by atoms with van der Waals surface area (Å²) in [5, 5.41) is 30.5. The van der Waals surface area contributed by atoms with Crippen LogP contribution in [0.5, 0.6) is 0 Å². The predicted molar refractivity (Wildman–Crippen MR) is 222 cm³/mol. The molecule has 16 heteroatoms. The first-order valence-corrected chi connectivity index (χ1v) is 20.1. The van der Waals surface area contributed by atoms with E-state index >= 15 is 0 Å². The number of rotatable bonds is 20. The van der Waals surface area contributed by atoms with Gasteiger partial charge in [-0.1, -0.05) is 92.7 Å². The van der Waals surface area contributed by atoms with E-state index in [2.05, 4.69) is 26.3 Å². The highest BCUT2D eigenvalue weighted by Crippen LogP contribution is 2.22. The Kier molecular flexibility index (Phi) is 15.5. The zero-order valence-electron chi connectivity index (χ0n) is 33.6. The number of para-hydroxylation sites is 1. The summed E-state index contributed by atoms with van der Waals surface area (Å²) >= 11 is 0. The lowest BCUT2D eigenvalue weighted by Crippen LogP contribution is -2.60. The fraction of sp³-hybridized carbons (Fsp3) is 0.386. The topological polar surface area (TPSA) is 253 Å². The number of hydrogen-bond acceptors (Lipinski definition) is 8. The quantitative estimate of drug-likeness (QED) is 0.0644. The number of nitrogens with zero attached hydrogens (tertiary/aromatic N) is 1. The zero-order valence-corrected chi connectivity index (χ0v) is 33.6. The minimum Gasteiger partial charge on any atom is -0.481 e. The summed E-state index contributed by atoms with van der Waals surface area (Å²) in [4.78, 5) is 97.9. The van der Waals surface area contributed by atoms with Crippen LogP contribution in [0.25, 0.3) is 10.9 Å². The molecule has 16 nitrogen and oxygen atoms in total. The van der Waals surface area contributed by atoms with Crippen molar-refractivity contribution in [1.82, 2.24) is 31.2 Å². The SMILES string of the molecule is CC(C)[C@H](N)C(=O)N1CCC[C@H]1C(=O)N[C@@H](Cc1c[nH]c2ccccc12)C(=O)N[C@@H](Cc1ccccc1)C(=O)N[C@@H](Cc1ccccc1)C(=O)N[C@@H](CCC(=O)O)C(=O)O. The van der Waals surface area contributed by atoms with E-state index < -0.39 is 84.7 Å². The van der Waals surface area contributed by atoms with E-state index in [1.54, 1.807) is 66.9 Å². The standard InChI is InChI=1S/C44H53N7O9/c1-26(2)38(45)43(58)51-21-11-18-36(51)42(57)50-35(24-29-25-46-31-17-10-9-16-30(29)31)41(56)49-34(23-28-14-7-4-8-15-28)40(55)48-33(22-27-12-5-3-6-13-27)39(54)47-32(44(59)60)19-20-37(52)53/h3-10,12-17,25-26,32-36,38,46H,11,18-24,45H2,1-2H3,(H,47,54)(H,48,55)(H,49,56)(H,50,57)(H,52,53)(H,59,60)/t32-,33-,34-,35-,36-,38-/m0/s1. The third-order valence-corrected chi connectivity index (χ3v) is 10.7. The van der Waals surface area contributed by atoms with Gasteiger partial charge < -0.3 is 47.1 Å². The van der Waals surface area contributed by atoms with Gasteiger partial charge in [0.25, 0.3) is 0 Å². The van der Waals surface area contributed by atoms with Gasteiger partial charge in [-0.3, -0.25) is 28.8 Å². The minimum absolute atomic E-state index is 0.0133. The second-order valence-electron chi connectivity index (χ2n) is 15.4. The van der Waals surface area contributed by atoms with Gasteiger partial charge in [-0.15, -0.1) is 0 Å². The number of aromatic amines is 1. The molecule has 5 rings (SSSR count). The Morgan fingerprint density at radius 2 is 1.23 bits per heavy atom. The molecule has 1 fully saturated rings. The highest BCUT2D eigenvalue weighted by atomic mass is 16.4. The summed E-state index contributed by atoms with van der Waals surface area (Å²) in [6.07, 6.45) is 1.69. The number of carbonyl (C=O) groups excluding carboxylic acids is 5. The van der Waals surface area contributed by atoms with Gasteiger partial charge in [0.1, 0.15) is 30.2 Å². The number of likely N-dealkylation sites (tertiary alicyclic amines) is 1. The molecule has 9 N–H and O–H groups in total. The van der Waals surface area contributed by atoms with Gasteiger partial charge in [0.05, 0.1) is 6.04 Å². The lowest BCUT2D eigenvalue weighted by molar-refractivity contribution is -0.143. The molecular weight excluding hydrogens is 771 g/mol. The van der Waals surface area contributed by atoms with Crippen LogP contribution in [0.4, 0.5) is 0 Å². The zero-order chi connectivity index (χ0) is 43.3. The maximum absolute atomic E-state index is 14.5. The Bertz CT molecular complexity index is 2140. The number of carbonyl (C=O) groups is 7. The van der Waals surface area contributed by atoms with E-state index in [1.807, 2.05) is 38.1 Å². The van der Waals surface area contributed by atoms with Gasteiger partial charge in [-0.2, -0.15) is 0 Å². The van der Waals surface area contributed by atoms with Crippen LogP contribution in [0.2, 0.25) is 0 Å². The molecule has 0 saturated carbocycles. The highest BCUT2D eigenvalue weighted by Gasteiger charge is 2.39. The van der Waals surface area contributed by atoms with Crippen molar-refractivity contribution >= 4 is 52.4 Å². The van der Waals surface area contributed by atoms with Crippen LogP contribution in [-0.2, 0) is 52.8 Å². The Balaban J connectivity index is 1.44. The van der Waals surface area contributed by atoms with Crippen molar-refractivity contribution in [2.24, 2.45) is 11.7 Å². The van der Waals surface area contributed by atoms with E-state index in [9.17, 15) is 38.7 Å². The van der Waals surface area contributed by atoms with Crippen LogP contribution in [0.15, 0.2) is 91.1 Å². The normalized spacial score (nSPS) is 16.3. The molecule has 0 bridgehead atoms. The Hall–Kier alpha value is -6.55. The van der Waals surface area contributed by atoms with Crippen molar-refractivity contribution in [2.75, 3.05) is 6.54 Å². The van der Waals surface area contributed by atoms with Crippen molar-refractivity contribution in [3.8, 4) is 0 Å². The van der Waals surface area contributed by atoms with Crippen LogP contribution in [-0.4, -0.2) is 104 Å². The number of H-pyrrole nitrogens is 1. The first-order valence-electron chi connectivity index (χ1n) is 20.1. The molecular formula is C44H53N7O9. The van der Waals surface area contributed by atoms with Crippen LogP contribution in [0.3, 0.4) is 0 Å². The lowest BCUT2D eigenvalue weighted by atomic mass is 10.00. The van der Waals surface area contributed by atoms with Crippen LogP contribution in [0, 0.1) is 5.92 Å². The molecule has 0 unspecified atom stereocenters. The van der Waals surface area contributed by atoms with E-state index in [4.69, 9.17) is 10.8 Å². The average molecular weight is 824 g/mol. The fourth-order valence-corrected chi connectivity index (χ4v) is 7.24. The van der Waals surface area contributed by atoms with E-state index in [0.717, 1.165) is 10.9 Å². The Morgan fingerprint density at radius 1 is 0.717 bits per heavy atom. The van der Waals surface area contributed by atoms with Gasteiger partial charge in [0, 0.05) is 49.3 Å². The third kappa shape index (κ3) is 12.0. The van der Waals surface area contributed by atoms with Crippen molar-refractivity contribution in [3.05, 3.63) is 108 Å². The highest BCUT2D eigenvalue weighted by molar-refractivity contribution is 5.97. The average Bonchev–Trinajstić information content (AvgIpc) is 3.89. The largest absolute Gasteiger partial charge is 0.481 e. The molecule has 2 heterocycles. The summed E-state index contributed by atoms with van der Waals surface area (Å²) < 4.78 is 0. The van der Waals surface area contributed by atoms with Crippen molar-refractivity contribution in [3.63, 3.8) is 0 Å². The smallest absolute Gasteiger partial charge is 0.326 e. The summed E-state index contributed by atoms with van der Waals surface area (Å²) in [5.41, 5.74) is 9.02. The molecule has 0 aliphatic carbocycles. The number of carboxylic acids is 2. The number of nitrogens with two attached hydrogens (primary N) is 1. The molecule has 1 aliphatic rings. The second kappa shape index (κ2) is 20.9. The Labute approximate surface area is 347 Å². The third-order valence-electron chi connectivity index (χ3n) is 10.7. The van der Waals surface area contributed by atoms with Crippen molar-refractivity contribution in [1.29, 1.82) is 0 Å². The number of carboxylic acid groups (broad SMARTS) is 2. The van der Waals surface area contributed by atoms with Crippen molar-refractivity contribution in [2.45, 2.75) is 95.0 Å². The van der Waals surface area contributed by atoms with Gasteiger partial charge in [0.2, 0.25) is 29.5 Å². The first kappa shape index (κ1) is 44.6.